The van der Waals surface area contributed by atoms with E-state index in [0.717, 1.165) is 12.8 Å². The Labute approximate surface area is 155 Å². The SMILES string of the molecule is CCCCC(=O)OCC(COP(=O)(O)OCC[NH2+]C)OC(=O)CCCC. The molecule has 2 atom stereocenters. The lowest BCUT2D eigenvalue weighted by Crippen LogP contribution is -2.80. The number of carbonyl (C=O) groups excluding carboxylic acids is 2. The molecule has 154 valence electrons. The third-order valence-electron chi connectivity index (χ3n) is 3.28. The number of unbranched alkanes of at least 4 members (excludes halogenated alkanes) is 2. The summed E-state index contributed by atoms with van der Waals surface area (Å²) in [7, 11) is -2.46. The Kier molecular flexibility index (Phi) is 14.5. The van der Waals surface area contributed by atoms with Crippen LogP contribution < -0.4 is 5.32 Å². The van der Waals surface area contributed by atoms with E-state index in [1.807, 2.05) is 13.8 Å². The molecule has 0 fully saturated rings. The molecule has 0 saturated carbocycles. The quantitative estimate of drug-likeness (QED) is 0.225. The maximum Gasteiger partial charge on any atom is 0.472 e. The second-order valence-electron chi connectivity index (χ2n) is 5.80. The number of esters is 2. The molecule has 0 radical (unpaired) electrons. The highest BCUT2D eigenvalue weighted by Gasteiger charge is 2.26. The summed E-state index contributed by atoms with van der Waals surface area (Å²) in [6.45, 7) is 3.80. The molecule has 26 heavy (non-hydrogen) atoms. The highest BCUT2D eigenvalue weighted by atomic mass is 31.2. The van der Waals surface area contributed by atoms with E-state index in [0.29, 0.717) is 19.4 Å². The fourth-order valence-electron chi connectivity index (χ4n) is 1.76. The standard InChI is InChI=1S/C16H32NO8P/c1-4-6-8-15(18)22-12-14(25-16(19)9-7-5-2)13-24-26(20,21)23-11-10-17-3/h14,17H,4-13H2,1-3H3,(H,20,21)/p+1. The zero-order valence-electron chi connectivity index (χ0n) is 16.0. The number of carbonyl (C=O) groups is 2. The zero-order valence-corrected chi connectivity index (χ0v) is 16.9. The Bertz CT molecular complexity index is 446. The van der Waals surface area contributed by atoms with Crippen LogP contribution in [0.3, 0.4) is 0 Å². The van der Waals surface area contributed by atoms with Crippen LogP contribution in [0, 0.1) is 0 Å². The van der Waals surface area contributed by atoms with Gasteiger partial charge in [-0.3, -0.25) is 18.6 Å². The average molecular weight is 398 g/mol. The summed E-state index contributed by atoms with van der Waals surface area (Å²) in [6.07, 6.45) is 2.57. The van der Waals surface area contributed by atoms with Gasteiger partial charge in [0, 0.05) is 12.8 Å². The van der Waals surface area contributed by atoms with Gasteiger partial charge < -0.3 is 19.7 Å². The van der Waals surface area contributed by atoms with E-state index in [9.17, 15) is 19.0 Å². The van der Waals surface area contributed by atoms with E-state index in [1.54, 1.807) is 12.4 Å². The van der Waals surface area contributed by atoms with E-state index in [2.05, 4.69) is 0 Å². The minimum Gasteiger partial charge on any atom is -0.462 e. The molecule has 0 heterocycles. The second kappa shape index (κ2) is 15.1. The van der Waals surface area contributed by atoms with Crippen molar-refractivity contribution in [2.75, 3.05) is 33.4 Å². The van der Waals surface area contributed by atoms with Gasteiger partial charge in [-0.1, -0.05) is 26.7 Å². The lowest BCUT2D eigenvalue weighted by Gasteiger charge is -2.19. The number of phosphoric ester groups is 1. The molecule has 9 nitrogen and oxygen atoms in total. The van der Waals surface area contributed by atoms with Crippen molar-refractivity contribution >= 4 is 19.8 Å². The van der Waals surface area contributed by atoms with Gasteiger partial charge in [0.15, 0.2) is 6.10 Å². The Balaban J connectivity index is 4.53. The van der Waals surface area contributed by atoms with Crippen LogP contribution in [0.1, 0.15) is 52.4 Å². The van der Waals surface area contributed by atoms with Crippen LogP contribution in [0.2, 0.25) is 0 Å². The number of rotatable bonds is 16. The molecule has 0 spiro atoms. The van der Waals surface area contributed by atoms with Crippen LogP contribution in [0.4, 0.5) is 0 Å². The van der Waals surface area contributed by atoms with Crippen molar-refractivity contribution in [2.24, 2.45) is 0 Å². The van der Waals surface area contributed by atoms with Crippen molar-refractivity contribution < 1.29 is 42.9 Å². The summed E-state index contributed by atoms with van der Waals surface area (Å²) >= 11 is 0. The van der Waals surface area contributed by atoms with Crippen molar-refractivity contribution in [1.29, 1.82) is 0 Å². The first kappa shape index (κ1) is 25.0. The Morgan fingerprint density at radius 3 is 2.23 bits per heavy atom. The summed E-state index contributed by atoms with van der Waals surface area (Å²) in [4.78, 5) is 33.0. The fraction of sp³-hybridized carbons (Fsp3) is 0.875. The molecule has 0 aromatic heterocycles. The number of likely N-dealkylation sites (N-methyl/N-ethyl adjacent to an activating group) is 1. The van der Waals surface area contributed by atoms with Gasteiger partial charge in [-0.2, -0.15) is 0 Å². The summed E-state index contributed by atoms with van der Waals surface area (Å²) in [6, 6.07) is 0. The monoisotopic (exact) mass is 398 g/mol. The third-order valence-corrected chi connectivity index (χ3v) is 4.27. The number of hydrogen-bond acceptors (Lipinski definition) is 7. The zero-order chi connectivity index (χ0) is 19.8. The molecule has 0 aliphatic carbocycles. The van der Waals surface area contributed by atoms with Crippen LogP contribution in [-0.4, -0.2) is 56.3 Å². The minimum atomic E-state index is -4.26. The Morgan fingerprint density at radius 2 is 1.65 bits per heavy atom. The van der Waals surface area contributed by atoms with E-state index < -0.39 is 32.5 Å². The largest absolute Gasteiger partial charge is 0.472 e. The van der Waals surface area contributed by atoms with E-state index in [-0.39, 0.29) is 26.1 Å². The number of ether oxygens (including phenoxy) is 2. The van der Waals surface area contributed by atoms with Gasteiger partial charge in [-0.25, -0.2) is 4.57 Å². The molecular formula is C16H33NO8P+. The van der Waals surface area contributed by atoms with Crippen LogP contribution in [-0.2, 0) is 32.7 Å². The van der Waals surface area contributed by atoms with Gasteiger partial charge in [-0.05, 0) is 12.8 Å². The average Bonchev–Trinajstić information content (AvgIpc) is 2.60. The molecule has 10 heteroatoms. The van der Waals surface area contributed by atoms with Crippen molar-refractivity contribution in [3.63, 3.8) is 0 Å². The number of hydrogen-bond donors (Lipinski definition) is 2. The molecule has 0 rings (SSSR count). The van der Waals surface area contributed by atoms with Gasteiger partial charge in [0.05, 0.1) is 20.2 Å². The minimum absolute atomic E-state index is 0.0389. The van der Waals surface area contributed by atoms with Crippen molar-refractivity contribution in [3.8, 4) is 0 Å². The molecule has 2 unspecified atom stereocenters. The van der Waals surface area contributed by atoms with Crippen molar-refractivity contribution in [2.45, 2.75) is 58.5 Å². The first-order valence-corrected chi connectivity index (χ1v) is 10.6. The fourth-order valence-corrected chi connectivity index (χ4v) is 2.53. The van der Waals surface area contributed by atoms with Crippen molar-refractivity contribution in [3.05, 3.63) is 0 Å². The molecule has 0 saturated heterocycles. The highest BCUT2D eigenvalue weighted by molar-refractivity contribution is 7.47. The summed E-state index contributed by atoms with van der Waals surface area (Å²) in [5.41, 5.74) is 0. The first-order chi connectivity index (χ1) is 12.3. The van der Waals surface area contributed by atoms with Gasteiger partial charge in [-0.15, -0.1) is 0 Å². The predicted octanol–water partition coefficient (Wildman–Crippen LogP) is 1.15. The summed E-state index contributed by atoms with van der Waals surface area (Å²) in [5.74, 6) is -0.886. The molecule has 0 amide bonds. The van der Waals surface area contributed by atoms with Crippen LogP contribution in [0.5, 0.6) is 0 Å². The lowest BCUT2D eigenvalue weighted by atomic mass is 10.2. The lowest BCUT2D eigenvalue weighted by molar-refractivity contribution is -0.627. The van der Waals surface area contributed by atoms with Crippen LogP contribution in [0.15, 0.2) is 0 Å². The normalized spacial score (nSPS) is 14.5. The van der Waals surface area contributed by atoms with E-state index in [1.165, 1.54) is 0 Å². The summed E-state index contributed by atoms with van der Waals surface area (Å²) in [5, 5.41) is 1.79. The Hall–Kier alpha value is -0.990. The predicted molar refractivity (Wildman–Crippen MR) is 94.3 cm³/mol. The van der Waals surface area contributed by atoms with Gasteiger partial charge in [0.1, 0.15) is 13.2 Å². The molecule has 0 aromatic carbocycles. The van der Waals surface area contributed by atoms with Crippen molar-refractivity contribution in [1.82, 2.24) is 0 Å². The molecule has 0 aromatic rings. The topological polar surface area (TPSA) is 125 Å². The highest BCUT2D eigenvalue weighted by Crippen LogP contribution is 2.42. The Morgan fingerprint density at radius 1 is 1.04 bits per heavy atom. The number of phosphoric acid groups is 1. The number of quaternary nitrogens is 1. The molecule has 0 aliphatic heterocycles. The molecule has 0 aliphatic rings. The molecule has 3 N–H and O–H groups in total. The summed E-state index contributed by atoms with van der Waals surface area (Å²) < 4.78 is 31.7. The van der Waals surface area contributed by atoms with Crippen LogP contribution in [0.25, 0.3) is 0 Å². The van der Waals surface area contributed by atoms with Gasteiger partial charge in [0.25, 0.3) is 0 Å². The van der Waals surface area contributed by atoms with E-state index in [4.69, 9.17) is 18.5 Å². The molecular weight excluding hydrogens is 365 g/mol. The molecule has 0 bridgehead atoms. The smallest absolute Gasteiger partial charge is 0.462 e. The van der Waals surface area contributed by atoms with Gasteiger partial charge >= 0.3 is 19.8 Å². The first-order valence-electron chi connectivity index (χ1n) is 9.09. The maximum atomic E-state index is 11.8. The van der Waals surface area contributed by atoms with E-state index >= 15 is 0 Å². The number of nitrogens with two attached hydrogens (primary N) is 1. The third kappa shape index (κ3) is 14.2. The van der Waals surface area contributed by atoms with Gasteiger partial charge in [0.2, 0.25) is 0 Å². The van der Waals surface area contributed by atoms with Crippen LogP contribution >= 0.6 is 7.82 Å². The maximum absolute atomic E-state index is 11.8. The second-order valence-corrected chi connectivity index (χ2v) is 7.25.